The number of rotatable bonds is 6. The minimum absolute atomic E-state index is 0. The average molecular weight is 490 g/mol. The molecule has 2 N–H and O–H groups in total. The SMILES string of the molecule is CCNC(=NCCCS(C)(=O)=O)NC1CN(C(=O)OC(C)(C)C)C1.I. The molecule has 0 aliphatic carbocycles. The lowest BCUT2D eigenvalue weighted by Crippen LogP contribution is -2.63. The number of aliphatic imine (C=N–C) groups is 1. The van der Waals surface area contributed by atoms with Crippen molar-refractivity contribution in [1.29, 1.82) is 0 Å². The van der Waals surface area contributed by atoms with E-state index in [0.717, 1.165) is 0 Å². The molecule has 1 fully saturated rings. The highest BCUT2D eigenvalue weighted by Gasteiger charge is 2.34. The van der Waals surface area contributed by atoms with Crippen molar-refractivity contribution in [3.8, 4) is 0 Å². The molecule has 1 amide bonds. The van der Waals surface area contributed by atoms with E-state index in [-0.39, 0.29) is 41.9 Å². The Balaban J connectivity index is 0.00000576. The highest BCUT2D eigenvalue weighted by atomic mass is 127. The number of carbonyl (C=O) groups is 1. The zero-order chi connectivity index (χ0) is 18.4. The first-order valence-electron chi connectivity index (χ1n) is 8.20. The Morgan fingerprint density at radius 3 is 2.40 bits per heavy atom. The number of carbonyl (C=O) groups excluding carboxylic acids is 1. The van der Waals surface area contributed by atoms with Gasteiger partial charge in [0, 0.05) is 32.4 Å². The molecule has 0 saturated carbocycles. The summed E-state index contributed by atoms with van der Waals surface area (Å²) >= 11 is 0. The van der Waals surface area contributed by atoms with Crippen LogP contribution in [0.1, 0.15) is 34.1 Å². The van der Waals surface area contributed by atoms with Crippen LogP contribution in [0, 0.1) is 0 Å². The van der Waals surface area contributed by atoms with Crippen LogP contribution in [-0.4, -0.2) is 75.2 Å². The third-order valence-corrected chi connectivity index (χ3v) is 4.19. The van der Waals surface area contributed by atoms with Gasteiger partial charge in [0.15, 0.2) is 5.96 Å². The summed E-state index contributed by atoms with van der Waals surface area (Å²) in [6.45, 7) is 9.74. The largest absolute Gasteiger partial charge is 0.444 e. The summed E-state index contributed by atoms with van der Waals surface area (Å²) in [5.41, 5.74) is -0.494. The van der Waals surface area contributed by atoms with Gasteiger partial charge in [0.25, 0.3) is 0 Å². The monoisotopic (exact) mass is 490 g/mol. The number of nitrogens with one attached hydrogen (secondary N) is 2. The van der Waals surface area contributed by atoms with Crippen LogP contribution in [0.4, 0.5) is 4.79 Å². The number of halogens is 1. The molecule has 0 spiro atoms. The Morgan fingerprint density at radius 2 is 1.92 bits per heavy atom. The smallest absolute Gasteiger partial charge is 0.410 e. The number of sulfone groups is 1. The molecule has 1 aliphatic heterocycles. The van der Waals surface area contributed by atoms with Crippen LogP contribution in [0.25, 0.3) is 0 Å². The van der Waals surface area contributed by atoms with E-state index < -0.39 is 15.4 Å². The molecule has 1 saturated heterocycles. The lowest BCUT2D eigenvalue weighted by molar-refractivity contribution is 0.00700. The minimum Gasteiger partial charge on any atom is -0.444 e. The molecule has 0 unspecified atom stereocenters. The van der Waals surface area contributed by atoms with Crippen molar-refractivity contribution in [2.24, 2.45) is 4.99 Å². The maximum absolute atomic E-state index is 11.9. The second-order valence-corrected chi connectivity index (χ2v) is 9.23. The van der Waals surface area contributed by atoms with Gasteiger partial charge in [-0.3, -0.25) is 4.99 Å². The van der Waals surface area contributed by atoms with Crippen molar-refractivity contribution in [3.05, 3.63) is 0 Å². The second kappa shape index (κ2) is 10.4. The second-order valence-electron chi connectivity index (χ2n) is 6.97. The van der Waals surface area contributed by atoms with Gasteiger partial charge >= 0.3 is 6.09 Å². The van der Waals surface area contributed by atoms with E-state index in [1.165, 1.54) is 6.26 Å². The average Bonchev–Trinajstić information content (AvgIpc) is 2.34. The van der Waals surface area contributed by atoms with Gasteiger partial charge in [0.2, 0.25) is 0 Å². The third-order valence-electron chi connectivity index (χ3n) is 3.16. The number of hydrogen-bond acceptors (Lipinski definition) is 5. The standard InChI is InChI=1S/C15H30N4O4S.HI/c1-6-16-13(17-8-7-9-24(5,21)22)18-12-10-19(11-12)14(20)23-15(2,3)4;/h12H,6-11H2,1-5H3,(H2,16,17,18);1H. The first-order valence-corrected chi connectivity index (χ1v) is 10.3. The number of amides is 1. The fourth-order valence-corrected chi connectivity index (χ4v) is 2.73. The molecule has 25 heavy (non-hydrogen) atoms. The van der Waals surface area contributed by atoms with Crippen molar-refractivity contribution in [3.63, 3.8) is 0 Å². The molecule has 1 rings (SSSR count). The molecular weight excluding hydrogens is 459 g/mol. The normalized spacial score (nSPS) is 15.9. The van der Waals surface area contributed by atoms with Gasteiger partial charge in [-0.2, -0.15) is 0 Å². The van der Waals surface area contributed by atoms with Crippen LogP contribution in [0.15, 0.2) is 4.99 Å². The number of nitrogens with zero attached hydrogens (tertiary/aromatic N) is 2. The highest BCUT2D eigenvalue weighted by Crippen LogP contribution is 2.15. The third kappa shape index (κ3) is 10.7. The first-order chi connectivity index (χ1) is 11.0. The van der Waals surface area contributed by atoms with Crippen molar-refractivity contribution in [2.45, 2.75) is 45.8 Å². The number of guanidine groups is 1. The van der Waals surface area contributed by atoms with Crippen LogP contribution in [0.3, 0.4) is 0 Å². The summed E-state index contributed by atoms with van der Waals surface area (Å²) in [4.78, 5) is 17.9. The molecule has 8 nitrogen and oxygen atoms in total. The van der Waals surface area contributed by atoms with E-state index in [1.807, 2.05) is 27.7 Å². The molecule has 1 aliphatic rings. The van der Waals surface area contributed by atoms with Crippen molar-refractivity contribution < 1.29 is 17.9 Å². The molecule has 1 heterocycles. The van der Waals surface area contributed by atoms with Crippen molar-refractivity contribution >= 4 is 45.9 Å². The molecule has 10 heteroatoms. The highest BCUT2D eigenvalue weighted by molar-refractivity contribution is 14.0. The lowest BCUT2D eigenvalue weighted by atomic mass is 10.1. The molecule has 0 bridgehead atoms. The van der Waals surface area contributed by atoms with E-state index in [4.69, 9.17) is 4.74 Å². The topological polar surface area (TPSA) is 100 Å². The fourth-order valence-electron chi connectivity index (χ4n) is 2.08. The zero-order valence-corrected chi connectivity index (χ0v) is 18.8. The first kappa shape index (κ1) is 24.2. The van der Waals surface area contributed by atoms with Crippen LogP contribution in [0.5, 0.6) is 0 Å². The van der Waals surface area contributed by atoms with Crippen molar-refractivity contribution in [1.82, 2.24) is 15.5 Å². The summed E-state index contributed by atoms with van der Waals surface area (Å²) in [7, 11) is -2.95. The van der Waals surface area contributed by atoms with Gasteiger partial charge in [0.1, 0.15) is 15.4 Å². The molecular formula is C15H31IN4O4S. The lowest BCUT2D eigenvalue weighted by Gasteiger charge is -2.40. The van der Waals surface area contributed by atoms with E-state index in [9.17, 15) is 13.2 Å². The van der Waals surface area contributed by atoms with Gasteiger partial charge in [-0.15, -0.1) is 24.0 Å². The number of hydrogen-bond donors (Lipinski definition) is 2. The van der Waals surface area contributed by atoms with Gasteiger partial charge < -0.3 is 20.3 Å². The summed E-state index contributed by atoms with van der Waals surface area (Å²) in [6.07, 6.45) is 1.40. The Kier molecular flexibility index (Phi) is 10.1. The van der Waals surface area contributed by atoms with Crippen LogP contribution in [-0.2, 0) is 14.6 Å². The van der Waals surface area contributed by atoms with Gasteiger partial charge in [-0.05, 0) is 34.1 Å². The fraction of sp³-hybridized carbons (Fsp3) is 0.867. The van der Waals surface area contributed by atoms with E-state index >= 15 is 0 Å². The summed E-state index contributed by atoms with van der Waals surface area (Å²) in [6, 6.07) is 0.116. The predicted molar refractivity (Wildman–Crippen MR) is 110 cm³/mol. The molecule has 0 radical (unpaired) electrons. The number of likely N-dealkylation sites (tertiary alicyclic amines) is 1. The quantitative estimate of drug-likeness (QED) is 0.251. The van der Waals surface area contributed by atoms with Gasteiger partial charge in [-0.25, -0.2) is 13.2 Å². The summed E-state index contributed by atoms with van der Waals surface area (Å²) in [5, 5.41) is 6.36. The van der Waals surface area contributed by atoms with Crippen LogP contribution >= 0.6 is 24.0 Å². The van der Waals surface area contributed by atoms with Crippen LogP contribution < -0.4 is 10.6 Å². The maximum atomic E-state index is 11.9. The Hall–Kier alpha value is -0.780. The van der Waals surface area contributed by atoms with E-state index in [2.05, 4.69) is 15.6 Å². The summed E-state index contributed by atoms with van der Waals surface area (Å²) in [5.74, 6) is 0.769. The Bertz CT molecular complexity index is 554. The van der Waals surface area contributed by atoms with Gasteiger partial charge in [-0.1, -0.05) is 0 Å². The van der Waals surface area contributed by atoms with Crippen LogP contribution in [0.2, 0.25) is 0 Å². The molecule has 0 aromatic heterocycles. The summed E-state index contributed by atoms with van der Waals surface area (Å²) < 4.78 is 27.5. The minimum atomic E-state index is -2.95. The predicted octanol–water partition coefficient (Wildman–Crippen LogP) is 1.21. The van der Waals surface area contributed by atoms with E-state index in [1.54, 1.807) is 4.90 Å². The molecule has 0 atom stereocenters. The Labute approximate surface area is 168 Å². The number of ether oxygens (including phenoxy) is 1. The van der Waals surface area contributed by atoms with Gasteiger partial charge in [0.05, 0.1) is 11.8 Å². The molecule has 0 aromatic carbocycles. The zero-order valence-electron chi connectivity index (χ0n) is 15.7. The Morgan fingerprint density at radius 1 is 1.32 bits per heavy atom. The van der Waals surface area contributed by atoms with Crippen molar-refractivity contribution in [2.75, 3.05) is 38.2 Å². The maximum Gasteiger partial charge on any atom is 0.410 e. The molecule has 0 aromatic rings. The van der Waals surface area contributed by atoms with E-state index in [0.29, 0.717) is 38.6 Å². The molecule has 148 valence electrons.